The lowest BCUT2D eigenvalue weighted by Gasteiger charge is -2.21. The molecule has 0 N–H and O–H groups in total. The van der Waals surface area contributed by atoms with Gasteiger partial charge in [0.2, 0.25) is 0 Å². The monoisotopic (exact) mass is 244 g/mol. The Bertz CT molecular complexity index is 507. The van der Waals surface area contributed by atoms with E-state index in [0.717, 1.165) is 0 Å². The Labute approximate surface area is 104 Å². The average Bonchev–Trinajstić information content (AvgIpc) is 2.29. The van der Waals surface area contributed by atoms with E-state index in [-0.39, 0.29) is 0 Å². The zero-order chi connectivity index (χ0) is 11.1. The average molecular weight is 244 g/mol. The number of fused-ring (bicyclic) bond motifs is 2. The summed E-state index contributed by atoms with van der Waals surface area (Å²) in [5.74, 6) is 0. The summed E-state index contributed by atoms with van der Waals surface area (Å²) in [7, 11) is 0. The fourth-order valence-electron chi connectivity index (χ4n) is 1.89. The molecule has 0 fully saturated rings. The largest absolute Gasteiger partial charge is 0.0874 e. The smallest absolute Gasteiger partial charge is 0.0291 e. The molecule has 0 unspecified atom stereocenters. The van der Waals surface area contributed by atoms with E-state index in [0.29, 0.717) is 0 Å². The molecule has 2 aromatic rings. The van der Waals surface area contributed by atoms with E-state index in [1.54, 1.807) is 0 Å². The van der Waals surface area contributed by atoms with Crippen LogP contribution in [0.1, 0.15) is 11.1 Å². The number of hydrogen-bond acceptors (Lipinski definition) is 2. The molecule has 0 spiro atoms. The Morgan fingerprint density at radius 1 is 0.688 bits per heavy atom. The summed E-state index contributed by atoms with van der Waals surface area (Å²) in [4.78, 5) is 5.63. The maximum absolute atomic E-state index is 2.22. The minimum atomic E-state index is 1.38. The van der Waals surface area contributed by atoms with Crippen LogP contribution < -0.4 is 0 Å². The van der Waals surface area contributed by atoms with Crippen LogP contribution in [0.25, 0.3) is 0 Å². The van der Waals surface area contributed by atoms with Gasteiger partial charge in [-0.1, -0.05) is 47.8 Å². The lowest BCUT2D eigenvalue weighted by molar-refractivity contribution is 1.09. The molecule has 1 aliphatic heterocycles. The van der Waals surface area contributed by atoms with Gasteiger partial charge in [-0.05, 0) is 37.1 Å². The number of rotatable bonds is 0. The van der Waals surface area contributed by atoms with Gasteiger partial charge in [-0.25, -0.2) is 0 Å². The van der Waals surface area contributed by atoms with Crippen molar-refractivity contribution in [3.8, 4) is 0 Å². The molecule has 0 aliphatic carbocycles. The third-order valence-electron chi connectivity index (χ3n) is 2.78. The maximum Gasteiger partial charge on any atom is 0.0291 e. The van der Waals surface area contributed by atoms with Crippen LogP contribution in [0.4, 0.5) is 0 Å². The van der Waals surface area contributed by atoms with Crippen LogP contribution in [0, 0.1) is 13.8 Å². The van der Waals surface area contributed by atoms with Gasteiger partial charge in [0, 0.05) is 19.6 Å². The zero-order valence-electron chi connectivity index (χ0n) is 9.28. The highest BCUT2D eigenvalue weighted by molar-refractivity contribution is 8.05. The van der Waals surface area contributed by atoms with Gasteiger partial charge in [0.05, 0.1) is 0 Å². The molecule has 0 atom stereocenters. The second kappa shape index (κ2) is 3.86. The van der Waals surface area contributed by atoms with E-state index in [1.807, 2.05) is 23.5 Å². The van der Waals surface area contributed by atoms with Crippen molar-refractivity contribution in [2.24, 2.45) is 0 Å². The van der Waals surface area contributed by atoms with E-state index < -0.39 is 0 Å². The van der Waals surface area contributed by atoms with Crippen LogP contribution >= 0.6 is 23.5 Å². The summed E-state index contributed by atoms with van der Waals surface area (Å²) in [5, 5.41) is 0. The van der Waals surface area contributed by atoms with Gasteiger partial charge in [-0.15, -0.1) is 0 Å². The van der Waals surface area contributed by atoms with E-state index in [4.69, 9.17) is 0 Å². The van der Waals surface area contributed by atoms with Crippen molar-refractivity contribution in [1.29, 1.82) is 0 Å². The lowest BCUT2D eigenvalue weighted by Crippen LogP contribution is -1.93. The standard InChI is InChI=1S/C14H12S2/c1-9-5-3-7-11-13(9)15-12-8-4-6-10(2)14(12)16-11/h3-8H,1-2H3. The van der Waals surface area contributed by atoms with Gasteiger partial charge in [-0.3, -0.25) is 0 Å². The van der Waals surface area contributed by atoms with E-state index >= 15 is 0 Å². The van der Waals surface area contributed by atoms with E-state index in [2.05, 4.69) is 50.2 Å². The van der Waals surface area contributed by atoms with Gasteiger partial charge < -0.3 is 0 Å². The molecule has 3 rings (SSSR count). The first-order valence-electron chi connectivity index (χ1n) is 5.30. The summed E-state index contributed by atoms with van der Waals surface area (Å²) in [5.41, 5.74) is 2.75. The van der Waals surface area contributed by atoms with Crippen molar-refractivity contribution >= 4 is 23.5 Å². The van der Waals surface area contributed by atoms with Gasteiger partial charge in [-0.2, -0.15) is 0 Å². The Kier molecular flexibility index (Phi) is 2.49. The molecule has 80 valence electrons. The van der Waals surface area contributed by atoms with Crippen LogP contribution in [-0.2, 0) is 0 Å². The molecule has 2 heteroatoms. The highest BCUT2D eigenvalue weighted by Crippen LogP contribution is 2.50. The molecular weight excluding hydrogens is 232 g/mol. The van der Waals surface area contributed by atoms with Gasteiger partial charge in [0.25, 0.3) is 0 Å². The normalized spacial score (nSPS) is 13.1. The Balaban J connectivity index is 2.17. The first kappa shape index (κ1) is 10.3. The first-order chi connectivity index (χ1) is 7.75. The molecule has 0 saturated carbocycles. The van der Waals surface area contributed by atoms with E-state index in [9.17, 15) is 0 Å². The summed E-state index contributed by atoms with van der Waals surface area (Å²) in [6.07, 6.45) is 0. The van der Waals surface area contributed by atoms with Crippen LogP contribution in [0.15, 0.2) is 56.0 Å². The second-order valence-electron chi connectivity index (χ2n) is 4.01. The predicted molar refractivity (Wildman–Crippen MR) is 70.6 cm³/mol. The molecule has 0 radical (unpaired) electrons. The fourth-order valence-corrected chi connectivity index (χ4v) is 4.43. The van der Waals surface area contributed by atoms with Crippen molar-refractivity contribution in [3.05, 3.63) is 47.5 Å². The van der Waals surface area contributed by atoms with Crippen molar-refractivity contribution in [2.75, 3.05) is 0 Å². The third-order valence-corrected chi connectivity index (χ3v) is 5.65. The van der Waals surface area contributed by atoms with Crippen LogP contribution in [0.2, 0.25) is 0 Å². The van der Waals surface area contributed by atoms with Gasteiger partial charge in [0.15, 0.2) is 0 Å². The van der Waals surface area contributed by atoms with Crippen molar-refractivity contribution in [1.82, 2.24) is 0 Å². The maximum atomic E-state index is 2.22. The minimum Gasteiger partial charge on any atom is -0.0874 e. The van der Waals surface area contributed by atoms with Crippen molar-refractivity contribution < 1.29 is 0 Å². The highest BCUT2D eigenvalue weighted by atomic mass is 32.2. The molecule has 1 aliphatic rings. The summed E-state index contributed by atoms with van der Waals surface area (Å²) in [6.45, 7) is 4.38. The first-order valence-corrected chi connectivity index (χ1v) is 6.94. The summed E-state index contributed by atoms with van der Waals surface area (Å²) < 4.78 is 0. The molecule has 0 saturated heterocycles. The topological polar surface area (TPSA) is 0 Å². The van der Waals surface area contributed by atoms with Crippen LogP contribution in [-0.4, -0.2) is 0 Å². The number of hydrogen-bond donors (Lipinski definition) is 0. The molecule has 16 heavy (non-hydrogen) atoms. The molecule has 0 nitrogen and oxygen atoms in total. The molecule has 1 heterocycles. The quantitative estimate of drug-likeness (QED) is 0.550. The Morgan fingerprint density at radius 2 is 1.12 bits per heavy atom. The summed E-state index contributed by atoms with van der Waals surface area (Å²) >= 11 is 3.80. The Morgan fingerprint density at radius 3 is 1.56 bits per heavy atom. The van der Waals surface area contributed by atoms with E-state index in [1.165, 1.54) is 30.7 Å². The summed E-state index contributed by atoms with van der Waals surface area (Å²) in [6, 6.07) is 13.1. The Hall–Kier alpha value is -0.860. The molecule has 0 aromatic heterocycles. The SMILES string of the molecule is Cc1cccc2c1Sc1cccc(C)c1S2. The zero-order valence-corrected chi connectivity index (χ0v) is 10.9. The van der Waals surface area contributed by atoms with Crippen molar-refractivity contribution in [2.45, 2.75) is 33.4 Å². The molecule has 0 bridgehead atoms. The molecule has 0 amide bonds. The van der Waals surface area contributed by atoms with Crippen LogP contribution in [0.5, 0.6) is 0 Å². The minimum absolute atomic E-state index is 1.38. The van der Waals surface area contributed by atoms with Crippen LogP contribution in [0.3, 0.4) is 0 Å². The molecular formula is C14H12S2. The molecule has 2 aromatic carbocycles. The highest BCUT2D eigenvalue weighted by Gasteiger charge is 2.19. The van der Waals surface area contributed by atoms with Gasteiger partial charge in [0.1, 0.15) is 0 Å². The fraction of sp³-hybridized carbons (Fsp3) is 0.143. The lowest BCUT2D eigenvalue weighted by atomic mass is 10.2. The number of benzene rings is 2. The van der Waals surface area contributed by atoms with Crippen molar-refractivity contribution in [3.63, 3.8) is 0 Å². The third kappa shape index (κ3) is 1.57. The second-order valence-corrected chi connectivity index (χ2v) is 6.11. The number of aryl methyl sites for hydroxylation is 2. The van der Waals surface area contributed by atoms with Gasteiger partial charge >= 0.3 is 0 Å². The predicted octanol–water partition coefficient (Wildman–Crippen LogP) is 4.92.